The molecule has 1 aliphatic rings. The van der Waals surface area contributed by atoms with E-state index in [1.807, 2.05) is 6.92 Å². The monoisotopic (exact) mass is 324 g/mol. The molecule has 0 bridgehead atoms. The summed E-state index contributed by atoms with van der Waals surface area (Å²) in [5.74, 6) is -3.36. The van der Waals surface area contributed by atoms with Gasteiger partial charge in [-0.25, -0.2) is 18.0 Å². The van der Waals surface area contributed by atoms with Crippen molar-refractivity contribution in [3.05, 3.63) is 0 Å². The zero-order chi connectivity index (χ0) is 16.6. The van der Waals surface area contributed by atoms with Gasteiger partial charge in [-0.05, 0) is 20.3 Å². The Morgan fingerprint density at radius 2 is 1.48 bits per heavy atom. The Morgan fingerprint density at radius 3 is 1.76 bits per heavy atom. The normalized spacial score (nSPS) is 17.1. The van der Waals surface area contributed by atoms with Gasteiger partial charge in [0.15, 0.2) is 0 Å². The molecule has 21 heavy (non-hydrogen) atoms. The minimum absolute atomic E-state index is 0.286. The highest BCUT2D eigenvalue weighted by Crippen LogP contribution is 2.10. The summed E-state index contributed by atoms with van der Waals surface area (Å²) in [7, 11) is -2.98. The molecule has 0 amide bonds. The van der Waals surface area contributed by atoms with Crippen molar-refractivity contribution >= 4 is 22.0 Å². The van der Waals surface area contributed by atoms with Crippen LogP contribution in [0.15, 0.2) is 0 Å². The lowest BCUT2D eigenvalue weighted by Crippen LogP contribution is -2.51. The van der Waals surface area contributed by atoms with Crippen molar-refractivity contribution in [3.8, 4) is 0 Å². The van der Waals surface area contributed by atoms with Crippen LogP contribution in [0.2, 0.25) is 0 Å². The highest BCUT2D eigenvalue weighted by Gasteiger charge is 2.26. The van der Waals surface area contributed by atoms with Crippen LogP contribution in [0.5, 0.6) is 0 Å². The van der Waals surface area contributed by atoms with Gasteiger partial charge in [-0.3, -0.25) is 4.90 Å². The van der Waals surface area contributed by atoms with Crippen molar-refractivity contribution in [1.82, 2.24) is 9.21 Å². The second-order valence-corrected chi connectivity index (χ2v) is 7.04. The van der Waals surface area contributed by atoms with Crippen LogP contribution < -0.4 is 0 Å². The number of carboxylic acid groups (broad SMARTS) is 2. The summed E-state index contributed by atoms with van der Waals surface area (Å²) >= 11 is 0. The summed E-state index contributed by atoms with van der Waals surface area (Å²) in [6.07, 6.45) is 0.701. The van der Waals surface area contributed by atoms with E-state index in [1.165, 1.54) is 0 Å². The molecule has 0 unspecified atom stereocenters. The standard InChI is InChI=1S/C10H22N2O2S.C2H2O4/c1-4-9-15(13,14)12-7-5-11(6-8-12)10(2)3;3-1(4)2(5)6/h10H,4-9H2,1-3H3;(H,3,4)(H,5,6). The predicted molar refractivity (Wildman–Crippen MR) is 77.6 cm³/mol. The molecule has 1 rings (SSSR count). The van der Waals surface area contributed by atoms with Crippen LogP contribution in [-0.4, -0.2) is 77.7 Å². The molecule has 124 valence electrons. The number of nitrogens with zero attached hydrogens (tertiary/aromatic N) is 2. The Hall–Kier alpha value is -1.19. The van der Waals surface area contributed by atoms with Gasteiger partial charge in [0, 0.05) is 32.2 Å². The Bertz CT molecular complexity index is 429. The van der Waals surface area contributed by atoms with Crippen molar-refractivity contribution < 1.29 is 28.2 Å². The van der Waals surface area contributed by atoms with Crippen LogP contribution in [0.3, 0.4) is 0 Å². The van der Waals surface area contributed by atoms with Crippen LogP contribution in [0.4, 0.5) is 0 Å². The Kier molecular flexibility index (Phi) is 8.45. The lowest BCUT2D eigenvalue weighted by atomic mass is 10.3. The average molecular weight is 324 g/mol. The van der Waals surface area contributed by atoms with Gasteiger partial charge in [0.2, 0.25) is 10.0 Å². The number of aliphatic carboxylic acids is 2. The maximum absolute atomic E-state index is 11.8. The molecule has 1 fully saturated rings. The molecule has 0 radical (unpaired) electrons. The fourth-order valence-corrected chi connectivity index (χ4v) is 3.38. The van der Waals surface area contributed by atoms with Gasteiger partial charge in [-0.1, -0.05) is 6.92 Å². The maximum Gasteiger partial charge on any atom is 0.414 e. The molecule has 1 saturated heterocycles. The van der Waals surface area contributed by atoms with Crippen LogP contribution in [-0.2, 0) is 19.6 Å². The molecule has 0 aromatic heterocycles. The maximum atomic E-state index is 11.8. The molecule has 0 atom stereocenters. The lowest BCUT2D eigenvalue weighted by Gasteiger charge is -2.36. The number of carboxylic acids is 2. The van der Waals surface area contributed by atoms with E-state index in [4.69, 9.17) is 19.8 Å². The molecule has 9 heteroatoms. The van der Waals surface area contributed by atoms with E-state index in [-0.39, 0.29) is 5.75 Å². The summed E-state index contributed by atoms with van der Waals surface area (Å²) in [5.41, 5.74) is 0. The van der Waals surface area contributed by atoms with Crippen LogP contribution in [0, 0.1) is 0 Å². The lowest BCUT2D eigenvalue weighted by molar-refractivity contribution is -0.159. The average Bonchev–Trinajstić information content (AvgIpc) is 2.39. The second-order valence-electron chi connectivity index (χ2n) is 4.96. The first-order valence-electron chi connectivity index (χ1n) is 6.79. The molecule has 0 aromatic rings. The topological polar surface area (TPSA) is 115 Å². The minimum atomic E-state index is -2.98. The van der Waals surface area contributed by atoms with E-state index < -0.39 is 22.0 Å². The highest BCUT2D eigenvalue weighted by molar-refractivity contribution is 7.89. The molecule has 0 aromatic carbocycles. The summed E-state index contributed by atoms with van der Waals surface area (Å²) in [4.78, 5) is 20.5. The van der Waals surface area contributed by atoms with Gasteiger partial charge in [0.1, 0.15) is 0 Å². The third-order valence-corrected chi connectivity index (χ3v) is 5.12. The molecular formula is C12H24N2O6S. The highest BCUT2D eigenvalue weighted by atomic mass is 32.2. The van der Waals surface area contributed by atoms with Crippen molar-refractivity contribution in [3.63, 3.8) is 0 Å². The third-order valence-electron chi connectivity index (χ3n) is 3.04. The van der Waals surface area contributed by atoms with E-state index in [9.17, 15) is 8.42 Å². The van der Waals surface area contributed by atoms with E-state index in [1.54, 1.807) is 4.31 Å². The van der Waals surface area contributed by atoms with Crippen LogP contribution in [0.1, 0.15) is 27.2 Å². The van der Waals surface area contributed by atoms with Gasteiger partial charge in [-0.15, -0.1) is 0 Å². The van der Waals surface area contributed by atoms with Gasteiger partial charge < -0.3 is 10.2 Å². The van der Waals surface area contributed by atoms with E-state index in [2.05, 4.69) is 18.7 Å². The van der Waals surface area contributed by atoms with Gasteiger partial charge in [0.25, 0.3) is 0 Å². The fourth-order valence-electron chi connectivity index (χ4n) is 1.89. The van der Waals surface area contributed by atoms with Crippen molar-refractivity contribution in [1.29, 1.82) is 0 Å². The Morgan fingerprint density at radius 1 is 1.05 bits per heavy atom. The SMILES string of the molecule is CCCS(=O)(=O)N1CCN(C(C)C)CC1.O=C(O)C(=O)O. The number of hydrogen-bond donors (Lipinski definition) is 2. The molecule has 2 N–H and O–H groups in total. The fraction of sp³-hybridized carbons (Fsp3) is 0.833. The van der Waals surface area contributed by atoms with Crippen molar-refractivity contribution in [2.75, 3.05) is 31.9 Å². The number of sulfonamides is 1. The number of piperazine rings is 1. The molecule has 0 aliphatic carbocycles. The van der Waals surface area contributed by atoms with E-state index >= 15 is 0 Å². The molecule has 1 aliphatic heterocycles. The van der Waals surface area contributed by atoms with Crippen LogP contribution >= 0.6 is 0 Å². The predicted octanol–water partition coefficient (Wildman–Crippen LogP) is -0.0922. The van der Waals surface area contributed by atoms with Gasteiger partial charge >= 0.3 is 11.9 Å². The minimum Gasteiger partial charge on any atom is -0.473 e. The zero-order valence-electron chi connectivity index (χ0n) is 12.7. The first kappa shape index (κ1) is 19.8. The molecule has 0 saturated carbocycles. The second kappa shape index (κ2) is 8.96. The molecular weight excluding hydrogens is 300 g/mol. The van der Waals surface area contributed by atoms with E-state index in [0.717, 1.165) is 13.1 Å². The summed E-state index contributed by atoms with van der Waals surface area (Å²) in [5, 5.41) is 14.8. The Balaban J connectivity index is 0.000000567. The first-order valence-corrected chi connectivity index (χ1v) is 8.40. The number of rotatable bonds is 4. The van der Waals surface area contributed by atoms with Crippen LogP contribution in [0.25, 0.3) is 0 Å². The Labute approximate surface area is 125 Å². The molecule has 8 nitrogen and oxygen atoms in total. The van der Waals surface area contributed by atoms with Gasteiger partial charge in [0.05, 0.1) is 5.75 Å². The van der Waals surface area contributed by atoms with Gasteiger partial charge in [-0.2, -0.15) is 4.31 Å². The number of hydrogen-bond acceptors (Lipinski definition) is 5. The van der Waals surface area contributed by atoms with Crippen molar-refractivity contribution in [2.45, 2.75) is 33.2 Å². The summed E-state index contributed by atoms with van der Waals surface area (Å²) in [6, 6.07) is 0.515. The smallest absolute Gasteiger partial charge is 0.414 e. The molecule has 0 spiro atoms. The summed E-state index contributed by atoms with van der Waals surface area (Å²) < 4.78 is 25.2. The third kappa shape index (κ3) is 7.39. The van der Waals surface area contributed by atoms with Crippen molar-refractivity contribution in [2.24, 2.45) is 0 Å². The number of carbonyl (C=O) groups is 2. The zero-order valence-corrected chi connectivity index (χ0v) is 13.5. The quantitative estimate of drug-likeness (QED) is 0.694. The molecule has 1 heterocycles. The largest absolute Gasteiger partial charge is 0.473 e. The first-order chi connectivity index (χ1) is 9.61. The van der Waals surface area contributed by atoms with E-state index in [0.29, 0.717) is 25.6 Å². The summed E-state index contributed by atoms with van der Waals surface area (Å²) in [6.45, 7) is 9.23.